The largest absolute Gasteiger partial charge is 0.472 e. The first kappa shape index (κ1) is 55.1. The summed E-state index contributed by atoms with van der Waals surface area (Å²) in [6.45, 7) is 8.42. The summed E-state index contributed by atoms with van der Waals surface area (Å²) in [5.74, 6) is 1.36. The van der Waals surface area contributed by atoms with E-state index in [1.54, 1.807) is 0 Å². The van der Waals surface area contributed by atoms with Crippen molar-refractivity contribution >= 4 is 19.8 Å². The fourth-order valence-corrected chi connectivity index (χ4v) is 7.40. The van der Waals surface area contributed by atoms with E-state index in [-0.39, 0.29) is 26.1 Å². The maximum Gasteiger partial charge on any atom is 0.472 e. The molecule has 0 saturated carbocycles. The van der Waals surface area contributed by atoms with E-state index in [2.05, 4.69) is 76.3 Å². The quantitative estimate of drug-likeness (QED) is 0.0172. The summed E-state index contributed by atoms with van der Waals surface area (Å²) < 4.78 is 46.1. The Morgan fingerprint density at radius 1 is 0.694 bits per heavy atom. The highest BCUT2D eigenvalue weighted by atomic mass is 31.2. The molecule has 1 N–H and O–H groups in total. The lowest BCUT2D eigenvalue weighted by Crippen LogP contribution is -2.37. The number of esters is 2. The Morgan fingerprint density at radius 2 is 1.24 bits per heavy atom. The number of furan rings is 1. The lowest BCUT2D eigenvalue weighted by molar-refractivity contribution is -0.870. The fourth-order valence-electron chi connectivity index (χ4n) is 6.66. The number of allylic oxidation sites excluding steroid dienone is 8. The Bertz CT molecular complexity index is 1590. The number of aryl methyl sites for hydroxylation is 2. The van der Waals surface area contributed by atoms with Crippen LogP contribution in [0.3, 0.4) is 0 Å². The van der Waals surface area contributed by atoms with E-state index >= 15 is 0 Å². The summed E-state index contributed by atoms with van der Waals surface area (Å²) in [6, 6.07) is 0. The van der Waals surface area contributed by atoms with Crippen LogP contribution < -0.4 is 0 Å². The lowest BCUT2D eigenvalue weighted by atomic mass is 10.0. The Kier molecular flexibility index (Phi) is 28.9. The molecule has 0 amide bonds. The van der Waals surface area contributed by atoms with Crippen LogP contribution in [0.15, 0.2) is 65.2 Å². The molecular weight excluding hydrogens is 806 g/mol. The second kappa shape index (κ2) is 32.6. The summed E-state index contributed by atoms with van der Waals surface area (Å²) >= 11 is 0. The van der Waals surface area contributed by atoms with Crippen LogP contribution in [0.5, 0.6) is 0 Å². The van der Waals surface area contributed by atoms with Crippen LogP contribution in [0, 0.1) is 13.8 Å². The maximum atomic E-state index is 12.8. The third-order valence-corrected chi connectivity index (χ3v) is 11.6. The molecular formula is C50H83NO10P+. The van der Waals surface area contributed by atoms with Crippen LogP contribution in [0.2, 0.25) is 0 Å². The predicted molar refractivity (Wildman–Crippen MR) is 250 cm³/mol. The molecule has 12 heteroatoms. The number of ether oxygens (including phenoxy) is 3. The number of carbonyl (C=O) groups is 2. The third kappa shape index (κ3) is 27.9. The first-order chi connectivity index (χ1) is 29.7. The van der Waals surface area contributed by atoms with Gasteiger partial charge in [0.2, 0.25) is 0 Å². The molecule has 0 spiro atoms. The van der Waals surface area contributed by atoms with Gasteiger partial charge < -0.3 is 28.0 Å². The number of likely N-dealkylation sites (N-methyl/N-ethyl adjacent to an activating group) is 1. The maximum absolute atomic E-state index is 12.8. The number of carbonyl (C=O) groups excluding carboxylic acids is 2. The molecule has 1 fully saturated rings. The number of quaternary nitrogens is 1. The number of hydrogen-bond acceptors (Lipinski definition) is 9. The van der Waals surface area contributed by atoms with E-state index in [0.717, 1.165) is 101 Å². The van der Waals surface area contributed by atoms with E-state index in [0.29, 0.717) is 36.1 Å². The van der Waals surface area contributed by atoms with Gasteiger partial charge in [0.1, 0.15) is 31.3 Å². The van der Waals surface area contributed by atoms with Crippen molar-refractivity contribution in [3.8, 4) is 0 Å². The van der Waals surface area contributed by atoms with Crippen LogP contribution in [0.4, 0.5) is 0 Å². The number of phosphoric acid groups is 1. The van der Waals surface area contributed by atoms with Gasteiger partial charge in [-0.05, 0) is 89.2 Å². The molecule has 1 saturated heterocycles. The predicted octanol–water partition coefficient (Wildman–Crippen LogP) is 11.9. The number of unbranched alkanes of at least 4 members (excludes halogenated alkanes) is 7. The van der Waals surface area contributed by atoms with Gasteiger partial charge in [-0.1, -0.05) is 113 Å². The Morgan fingerprint density at radius 3 is 1.84 bits per heavy atom. The second-order valence-corrected chi connectivity index (χ2v) is 18.8. The monoisotopic (exact) mass is 889 g/mol. The van der Waals surface area contributed by atoms with Crippen molar-refractivity contribution in [1.82, 2.24) is 0 Å². The van der Waals surface area contributed by atoms with E-state index in [1.165, 1.54) is 24.0 Å². The lowest BCUT2D eigenvalue weighted by Gasteiger charge is -2.24. The summed E-state index contributed by atoms with van der Waals surface area (Å²) in [5, 5.41) is 0. The average molecular weight is 889 g/mol. The van der Waals surface area contributed by atoms with Crippen LogP contribution in [0.1, 0.15) is 152 Å². The van der Waals surface area contributed by atoms with Crippen molar-refractivity contribution in [3.63, 3.8) is 0 Å². The minimum Gasteiger partial charge on any atom is -0.466 e. The molecule has 1 aromatic rings. The zero-order valence-corrected chi connectivity index (χ0v) is 40.4. The standard InChI is InChI=1S/C50H82NO10P/c1-8-10-27-34-47-48(61-47)35-29-24-20-15-13-11-12-14-16-21-25-30-36-49(52)56-40-44(41-58-62(54,55)57-39-38-51(5,6)7)59-50(53)37-31-26-22-18-17-19-23-28-33-46-43(4)42(3)45(60-46)32-9-2/h10,12-15,21,24-25,27,29,44,47-48H,8-9,11,16-20,22-23,26,28,30-41H2,1-7H3/p+1/b14-12-,15-13-,25-21-,27-10-,29-24-/t44-,47?,48?/m1/s1. The second-order valence-electron chi connectivity index (χ2n) is 17.4. The topological polar surface area (TPSA) is 134 Å². The first-order valence-electron chi connectivity index (χ1n) is 23.5. The Labute approximate surface area is 375 Å². The van der Waals surface area contributed by atoms with Gasteiger partial charge in [-0.2, -0.15) is 0 Å². The van der Waals surface area contributed by atoms with Crippen LogP contribution in [-0.4, -0.2) is 87.1 Å². The summed E-state index contributed by atoms with van der Waals surface area (Å²) in [6.07, 6.45) is 38.9. The number of rotatable bonds is 37. The van der Waals surface area contributed by atoms with E-state index in [1.807, 2.05) is 33.3 Å². The van der Waals surface area contributed by atoms with E-state index in [4.69, 9.17) is 27.7 Å². The molecule has 0 aromatic carbocycles. The fraction of sp³-hybridized carbons (Fsp3) is 0.680. The molecule has 62 heavy (non-hydrogen) atoms. The van der Waals surface area contributed by atoms with E-state index in [9.17, 15) is 19.0 Å². The number of hydrogen-bond donors (Lipinski definition) is 1. The van der Waals surface area contributed by atoms with Crippen molar-refractivity contribution in [2.75, 3.05) is 47.5 Å². The first-order valence-corrected chi connectivity index (χ1v) is 25.0. The zero-order chi connectivity index (χ0) is 45.5. The molecule has 1 aromatic heterocycles. The van der Waals surface area contributed by atoms with Gasteiger partial charge in [0, 0.05) is 25.7 Å². The molecule has 352 valence electrons. The van der Waals surface area contributed by atoms with Crippen LogP contribution >= 0.6 is 7.82 Å². The van der Waals surface area contributed by atoms with Crippen molar-refractivity contribution in [1.29, 1.82) is 0 Å². The number of epoxide rings is 1. The summed E-state index contributed by atoms with van der Waals surface area (Å²) in [5.41, 5.74) is 2.62. The van der Waals surface area contributed by atoms with Gasteiger partial charge in [-0.25, -0.2) is 4.57 Å². The van der Waals surface area contributed by atoms with Gasteiger partial charge in [0.25, 0.3) is 0 Å². The number of phosphoric ester groups is 1. The minimum atomic E-state index is -4.41. The summed E-state index contributed by atoms with van der Waals surface area (Å²) in [4.78, 5) is 35.5. The van der Waals surface area contributed by atoms with Crippen molar-refractivity contribution < 1.29 is 51.2 Å². The Hall–Kier alpha value is -3.05. The Balaban J connectivity index is 1.63. The molecule has 1 aliphatic rings. The highest BCUT2D eigenvalue weighted by Gasteiger charge is 2.36. The smallest absolute Gasteiger partial charge is 0.466 e. The van der Waals surface area contributed by atoms with Crippen molar-refractivity contribution in [3.05, 3.63) is 83.4 Å². The highest BCUT2D eigenvalue weighted by molar-refractivity contribution is 7.47. The van der Waals surface area contributed by atoms with Gasteiger partial charge in [-0.3, -0.25) is 18.6 Å². The van der Waals surface area contributed by atoms with Gasteiger partial charge >= 0.3 is 19.8 Å². The summed E-state index contributed by atoms with van der Waals surface area (Å²) in [7, 11) is 1.40. The molecule has 1 aliphatic heterocycles. The molecule has 0 radical (unpaired) electrons. The SMILES string of the molecule is CC/C=C\CC1OC1C/C=C\C/C=C\C/C=C\C/C=C\CCC(=O)OC[C@H](COP(=O)(O)OCC[N+](C)(C)C)OC(=O)CCCCCCCCCCc1oc(CCC)c(C)c1C. The number of nitrogens with zero attached hydrogens (tertiary/aromatic N) is 1. The molecule has 2 heterocycles. The average Bonchev–Trinajstić information content (AvgIpc) is 3.92. The molecule has 0 aliphatic carbocycles. The zero-order valence-electron chi connectivity index (χ0n) is 39.5. The van der Waals surface area contributed by atoms with Crippen molar-refractivity contribution in [2.24, 2.45) is 0 Å². The van der Waals surface area contributed by atoms with Crippen LogP contribution in [0.25, 0.3) is 0 Å². The highest BCUT2D eigenvalue weighted by Crippen LogP contribution is 2.43. The van der Waals surface area contributed by atoms with E-state index < -0.39 is 32.5 Å². The van der Waals surface area contributed by atoms with Crippen molar-refractivity contribution in [2.45, 2.75) is 174 Å². The molecule has 3 unspecified atom stereocenters. The van der Waals surface area contributed by atoms with Gasteiger partial charge in [0.05, 0.1) is 40.0 Å². The molecule has 2 rings (SSSR count). The van der Waals surface area contributed by atoms with Gasteiger partial charge in [-0.15, -0.1) is 0 Å². The van der Waals surface area contributed by atoms with Crippen LogP contribution in [-0.2, 0) is 50.3 Å². The molecule has 0 bridgehead atoms. The molecule has 4 atom stereocenters. The third-order valence-electron chi connectivity index (χ3n) is 10.7. The minimum absolute atomic E-state index is 0.00852. The molecule has 11 nitrogen and oxygen atoms in total. The van der Waals surface area contributed by atoms with Gasteiger partial charge in [0.15, 0.2) is 6.10 Å². The normalized spacial score (nSPS) is 17.3.